The maximum absolute atomic E-state index is 13.0. The van der Waals surface area contributed by atoms with E-state index < -0.39 is 0 Å². The van der Waals surface area contributed by atoms with Crippen LogP contribution in [0.4, 0.5) is 4.39 Å². The van der Waals surface area contributed by atoms with Crippen molar-refractivity contribution in [3.63, 3.8) is 0 Å². The van der Waals surface area contributed by atoms with Crippen LogP contribution < -0.4 is 4.74 Å². The first-order valence-electron chi connectivity index (χ1n) is 9.70. The Balaban J connectivity index is 1.52. The minimum Gasteiger partial charge on any atom is -0.484 e. The second-order valence-corrected chi connectivity index (χ2v) is 7.08. The standard InChI is InChI=1S/C20H29FN2O3/c21-17-4-6-19(7-5-17)26-16-20(24)23(18-8-14-25-15-9-18)13-3-12-22-10-1-2-11-22/h4-7,18H,1-3,8-16H2. The Labute approximate surface area is 155 Å². The first-order chi connectivity index (χ1) is 12.7. The molecule has 0 aromatic heterocycles. The quantitative estimate of drug-likeness (QED) is 0.711. The number of carbonyl (C=O) groups is 1. The third-order valence-electron chi connectivity index (χ3n) is 5.20. The monoisotopic (exact) mass is 364 g/mol. The maximum Gasteiger partial charge on any atom is 0.260 e. The summed E-state index contributed by atoms with van der Waals surface area (Å²) in [5.41, 5.74) is 0. The predicted molar refractivity (Wildman–Crippen MR) is 97.7 cm³/mol. The van der Waals surface area contributed by atoms with E-state index in [2.05, 4.69) is 4.90 Å². The van der Waals surface area contributed by atoms with E-state index in [4.69, 9.17) is 9.47 Å². The van der Waals surface area contributed by atoms with Crippen LogP contribution in [-0.4, -0.2) is 67.7 Å². The van der Waals surface area contributed by atoms with Crippen molar-refractivity contribution in [2.24, 2.45) is 0 Å². The first-order valence-corrected chi connectivity index (χ1v) is 9.70. The van der Waals surface area contributed by atoms with Crippen LogP contribution in [0.15, 0.2) is 24.3 Å². The van der Waals surface area contributed by atoms with E-state index in [1.807, 2.05) is 4.90 Å². The zero-order valence-electron chi connectivity index (χ0n) is 15.4. The molecule has 1 amide bonds. The van der Waals surface area contributed by atoms with Crippen LogP contribution in [-0.2, 0) is 9.53 Å². The maximum atomic E-state index is 13.0. The molecule has 0 radical (unpaired) electrons. The van der Waals surface area contributed by atoms with E-state index in [0.29, 0.717) is 19.0 Å². The van der Waals surface area contributed by atoms with E-state index in [0.717, 1.165) is 32.4 Å². The van der Waals surface area contributed by atoms with E-state index in [9.17, 15) is 9.18 Å². The molecule has 0 aliphatic carbocycles. The second-order valence-electron chi connectivity index (χ2n) is 7.08. The lowest BCUT2D eigenvalue weighted by Crippen LogP contribution is -2.46. The molecule has 1 aromatic rings. The summed E-state index contributed by atoms with van der Waals surface area (Å²) in [6.45, 7) is 5.57. The van der Waals surface area contributed by atoms with Gasteiger partial charge in [0.2, 0.25) is 0 Å². The summed E-state index contributed by atoms with van der Waals surface area (Å²) in [4.78, 5) is 17.2. The highest BCUT2D eigenvalue weighted by Gasteiger charge is 2.26. The Bertz CT molecular complexity index is 555. The molecule has 2 aliphatic rings. The molecule has 3 rings (SSSR count). The van der Waals surface area contributed by atoms with Crippen molar-refractivity contribution in [3.8, 4) is 5.75 Å². The largest absolute Gasteiger partial charge is 0.484 e. The number of nitrogens with zero attached hydrogens (tertiary/aromatic N) is 2. The Morgan fingerprint density at radius 2 is 1.88 bits per heavy atom. The molecular formula is C20H29FN2O3. The van der Waals surface area contributed by atoms with Gasteiger partial charge in [0.1, 0.15) is 11.6 Å². The lowest BCUT2D eigenvalue weighted by atomic mass is 10.1. The van der Waals surface area contributed by atoms with Gasteiger partial charge in [0.15, 0.2) is 6.61 Å². The minimum atomic E-state index is -0.311. The van der Waals surface area contributed by atoms with Gasteiger partial charge in [0.05, 0.1) is 0 Å². The number of carbonyl (C=O) groups excluding carboxylic acids is 1. The minimum absolute atomic E-state index is 0.00245. The van der Waals surface area contributed by atoms with Crippen molar-refractivity contribution in [1.29, 1.82) is 0 Å². The molecule has 144 valence electrons. The van der Waals surface area contributed by atoms with Gasteiger partial charge in [-0.3, -0.25) is 4.79 Å². The summed E-state index contributed by atoms with van der Waals surface area (Å²) in [5.74, 6) is 0.209. The highest BCUT2D eigenvalue weighted by Crippen LogP contribution is 2.17. The fraction of sp³-hybridized carbons (Fsp3) is 0.650. The van der Waals surface area contributed by atoms with Gasteiger partial charge in [0, 0.05) is 25.8 Å². The molecule has 2 heterocycles. The molecule has 26 heavy (non-hydrogen) atoms. The number of ether oxygens (including phenoxy) is 2. The fourth-order valence-electron chi connectivity index (χ4n) is 3.74. The molecule has 2 aliphatic heterocycles. The van der Waals surface area contributed by atoms with Gasteiger partial charge in [-0.1, -0.05) is 0 Å². The van der Waals surface area contributed by atoms with Gasteiger partial charge in [0.25, 0.3) is 5.91 Å². The van der Waals surface area contributed by atoms with Crippen molar-refractivity contribution < 1.29 is 18.7 Å². The van der Waals surface area contributed by atoms with Crippen molar-refractivity contribution >= 4 is 5.91 Å². The smallest absolute Gasteiger partial charge is 0.260 e. The number of amides is 1. The van der Waals surface area contributed by atoms with E-state index in [1.165, 1.54) is 38.1 Å². The molecular weight excluding hydrogens is 335 g/mol. The number of halogens is 1. The van der Waals surface area contributed by atoms with Crippen molar-refractivity contribution in [2.45, 2.75) is 38.1 Å². The molecule has 5 nitrogen and oxygen atoms in total. The summed E-state index contributed by atoms with van der Waals surface area (Å²) in [6.07, 6.45) is 5.32. The SMILES string of the molecule is O=C(COc1ccc(F)cc1)N(CCCN1CCCC1)C1CCOCC1. The summed E-state index contributed by atoms with van der Waals surface area (Å²) < 4.78 is 24.0. The summed E-state index contributed by atoms with van der Waals surface area (Å²) in [7, 11) is 0. The first kappa shape index (κ1) is 19.1. The van der Waals surface area contributed by atoms with Crippen LogP contribution in [0.2, 0.25) is 0 Å². The molecule has 0 atom stereocenters. The second kappa shape index (κ2) is 9.88. The van der Waals surface area contributed by atoms with E-state index >= 15 is 0 Å². The number of likely N-dealkylation sites (tertiary alicyclic amines) is 1. The molecule has 0 bridgehead atoms. The lowest BCUT2D eigenvalue weighted by molar-refractivity contribution is -0.137. The van der Waals surface area contributed by atoms with Gasteiger partial charge >= 0.3 is 0 Å². The summed E-state index contributed by atoms with van der Waals surface area (Å²) in [6, 6.07) is 6.01. The molecule has 2 fully saturated rings. The Morgan fingerprint density at radius 3 is 2.58 bits per heavy atom. The van der Waals surface area contributed by atoms with Crippen molar-refractivity contribution in [2.75, 3.05) is 46.0 Å². The van der Waals surface area contributed by atoms with Crippen LogP contribution in [0.25, 0.3) is 0 Å². The Kier molecular flexibility index (Phi) is 7.26. The highest BCUT2D eigenvalue weighted by atomic mass is 19.1. The zero-order chi connectivity index (χ0) is 18.2. The molecule has 0 unspecified atom stereocenters. The van der Waals surface area contributed by atoms with Gasteiger partial charge < -0.3 is 19.3 Å². The normalized spacial score (nSPS) is 18.8. The van der Waals surface area contributed by atoms with E-state index in [-0.39, 0.29) is 24.4 Å². The van der Waals surface area contributed by atoms with Crippen LogP contribution in [0.5, 0.6) is 5.75 Å². The van der Waals surface area contributed by atoms with Gasteiger partial charge in [-0.05, 0) is 76.0 Å². The molecule has 0 N–H and O–H groups in total. The van der Waals surface area contributed by atoms with Gasteiger partial charge in [-0.25, -0.2) is 4.39 Å². The van der Waals surface area contributed by atoms with Crippen molar-refractivity contribution in [1.82, 2.24) is 9.80 Å². The fourth-order valence-corrected chi connectivity index (χ4v) is 3.74. The van der Waals surface area contributed by atoms with Crippen LogP contribution >= 0.6 is 0 Å². The summed E-state index contributed by atoms with van der Waals surface area (Å²) >= 11 is 0. The van der Waals surface area contributed by atoms with Crippen molar-refractivity contribution in [3.05, 3.63) is 30.1 Å². The Morgan fingerprint density at radius 1 is 1.19 bits per heavy atom. The molecule has 2 saturated heterocycles. The van der Waals surface area contributed by atoms with Crippen LogP contribution in [0.3, 0.4) is 0 Å². The number of benzene rings is 1. The number of rotatable bonds is 8. The number of hydrogen-bond donors (Lipinski definition) is 0. The zero-order valence-corrected chi connectivity index (χ0v) is 15.4. The number of hydrogen-bond acceptors (Lipinski definition) is 4. The molecule has 6 heteroatoms. The third-order valence-corrected chi connectivity index (χ3v) is 5.20. The van der Waals surface area contributed by atoms with Gasteiger partial charge in [-0.2, -0.15) is 0 Å². The molecule has 1 aromatic carbocycles. The molecule has 0 spiro atoms. The van der Waals surface area contributed by atoms with Crippen LogP contribution in [0.1, 0.15) is 32.1 Å². The molecule has 0 saturated carbocycles. The van der Waals surface area contributed by atoms with Crippen LogP contribution in [0, 0.1) is 5.82 Å². The predicted octanol–water partition coefficient (Wildman–Crippen LogP) is 2.70. The lowest BCUT2D eigenvalue weighted by Gasteiger charge is -2.34. The summed E-state index contributed by atoms with van der Waals surface area (Å²) in [5, 5.41) is 0. The average molecular weight is 364 g/mol. The van der Waals surface area contributed by atoms with E-state index in [1.54, 1.807) is 12.1 Å². The topological polar surface area (TPSA) is 42.0 Å². The highest BCUT2D eigenvalue weighted by molar-refractivity contribution is 5.78. The van der Waals surface area contributed by atoms with Gasteiger partial charge in [-0.15, -0.1) is 0 Å². The Hall–Kier alpha value is -1.66. The average Bonchev–Trinajstić information content (AvgIpc) is 3.19. The third kappa shape index (κ3) is 5.68.